The minimum atomic E-state index is -5.97. The molecule has 184 valence electrons. The lowest BCUT2D eigenvalue weighted by atomic mass is 10.1. The van der Waals surface area contributed by atoms with Crippen LogP contribution in [0.2, 0.25) is 0 Å². The lowest BCUT2D eigenvalue weighted by Gasteiger charge is -2.30. The first-order chi connectivity index (χ1) is 14.4. The van der Waals surface area contributed by atoms with Gasteiger partial charge in [-0.05, 0) is 0 Å². The summed E-state index contributed by atoms with van der Waals surface area (Å²) in [6.45, 7) is -3.16. The van der Waals surface area contributed by atoms with Crippen LogP contribution in [0.3, 0.4) is 0 Å². The van der Waals surface area contributed by atoms with Gasteiger partial charge in [-0.3, -0.25) is 18.9 Å². The molecule has 0 aliphatic rings. The van der Waals surface area contributed by atoms with Crippen LogP contribution >= 0.6 is 23.5 Å². The summed E-state index contributed by atoms with van der Waals surface area (Å²) in [5, 5.41) is 18.9. The third kappa shape index (κ3) is 9.11. The molecular weight excluding hydrogens is 519 g/mol. The summed E-state index contributed by atoms with van der Waals surface area (Å²) >= 11 is 0. The van der Waals surface area contributed by atoms with Gasteiger partial charge in [-0.25, -0.2) is 27.3 Å². The van der Waals surface area contributed by atoms with Crippen LogP contribution in [0.4, 0.5) is 8.78 Å². The van der Waals surface area contributed by atoms with E-state index in [1.165, 1.54) is 0 Å². The number of halogens is 2. The fraction of sp³-hybridized carbons (Fsp3) is 0.400. The molecule has 0 aromatic carbocycles. The highest BCUT2D eigenvalue weighted by Crippen LogP contribution is 2.66. The number of alkyl halides is 1. The molecule has 1 rings (SSSR count). The Morgan fingerprint density at radius 3 is 2.28 bits per heavy atom. The first-order valence-electron chi connectivity index (χ1n) is 7.48. The monoisotopic (exact) mass is 534 g/mol. The zero-order valence-corrected chi connectivity index (χ0v) is 17.8. The van der Waals surface area contributed by atoms with Crippen molar-refractivity contribution in [3.05, 3.63) is 45.2 Å². The van der Waals surface area contributed by atoms with Crippen LogP contribution in [-0.2, 0) is 38.3 Å². The van der Waals surface area contributed by atoms with Crippen molar-refractivity contribution >= 4 is 23.5 Å². The molecule has 7 N–H and O–H groups in total. The maximum absolute atomic E-state index is 15.0. The van der Waals surface area contributed by atoms with Crippen LogP contribution in [0.1, 0.15) is 0 Å². The van der Waals surface area contributed by atoms with Gasteiger partial charge in [0.1, 0.15) is 19.7 Å². The molecule has 0 amide bonds. The number of phosphoric acid groups is 3. The fourth-order valence-electron chi connectivity index (χ4n) is 1.68. The number of aromatic nitrogens is 2. The number of nitrogens with zero attached hydrogens (tertiary/aromatic N) is 1. The van der Waals surface area contributed by atoms with Crippen molar-refractivity contribution in [2.75, 3.05) is 6.61 Å². The number of aromatic amines is 1. The SMILES string of the molecule is O=c1ccn(CO[C@](F)(COP(=O)(O)OP(=O)(O)OP(=O)(O)O)[C@@H](O)/C(O)=C/F)c(=O)[nH]1. The van der Waals surface area contributed by atoms with Gasteiger partial charge in [0.05, 0.1) is 0 Å². The molecule has 1 aromatic rings. The molecule has 0 aliphatic heterocycles. The molecule has 1 aromatic heterocycles. The summed E-state index contributed by atoms with van der Waals surface area (Å²) in [6.07, 6.45) is -2.92. The maximum Gasteiger partial charge on any atom is 0.490 e. The quantitative estimate of drug-likeness (QED) is 0.128. The van der Waals surface area contributed by atoms with E-state index in [-0.39, 0.29) is 0 Å². The predicted octanol–water partition coefficient (Wildman–Crippen LogP) is -0.750. The number of hydrogen-bond acceptors (Lipinski definition) is 11. The number of aliphatic hydroxyl groups excluding tert-OH is 2. The molecule has 1 heterocycles. The van der Waals surface area contributed by atoms with Gasteiger partial charge in [0.2, 0.25) is 0 Å². The molecule has 0 saturated heterocycles. The van der Waals surface area contributed by atoms with Crippen LogP contribution in [0.5, 0.6) is 0 Å². The molecule has 0 spiro atoms. The molecule has 0 fully saturated rings. The molecule has 0 bridgehead atoms. The summed E-state index contributed by atoms with van der Waals surface area (Å²) in [6, 6.07) is 0.784. The summed E-state index contributed by atoms with van der Waals surface area (Å²) in [4.78, 5) is 59.5. The summed E-state index contributed by atoms with van der Waals surface area (Å²) in [5.41, 5.74) is -2.02. The number of rotatable bonds is 12. The van der Waals surface area contributed by atoms with Crippen LogP contribution in [0.25, 0.3) is 0 Å². The summed E-state index contributed by atoms with van der Waals surface area (Å²) in [5.74, 6) is -5.61. The minimum Gasteiger partial charge on any atom is -0.507 e. The molecule has 0 aliphatic carbocycles. The minimum absolute atomic E-state index is 0.476. The van der Waals surface area contributed by atoms with Gasteiger partial charge in [0, 0.05) is 12.3 Å². The number of phosphoric ester groups is 1. The van der Waals surface area contributed by atoms with E-state index in [9.17, 15) is 42.8 Å². The van der Waals surface area contributed by atoms with Gasteiger partial charge in [0.25, 0.3) is 11.4 Å². The number of nitrogens with one attached hydrogen (secondary N) is 1. The van der Waals surface area contributed by atoms with Crippen molar-refractivity contribution in [3.63, 3.8) is 0 Å². The summed E-state index contributed by atoms with van der Waals surface area (Å²) in [7, 11) is -17.6. The van der Waals surface area contributed by atoms with E-state index >= 15 is 4.39 Å². The molecule has 22 heteroatoms. The van der Waals surface area contributed by atoms with Gasteiger partial charge in [-0.2, -0.15) is 8.62 Å². The molecule has 0 saturated carbocycles. The number of aliphatic hydroxyl groups is 2. The molecule has 0 radical (unpaired) electrons. The van der Waals surface area contributed by atoms with E-state index in [0.717, 1.165) is 12.3 Å². The Morgan fingerprint density at radius 2 is 1.78 bits per heavy atom. The molecular formula is C10H15F2N2O15P3. The average molecular weight is 534 g/mol. The Bertz CT molecular complexity index is 1100. The third-order valence-electron chi connectivity index (χ3n) is 2.98. The molecule has 2 unspecified atom stereocenters. The Labute approximate surface area is 174 Å². The topological polar surface area (TPSA) is 264 Å². The van der Waals surface area contributed by atoms with Crippen LogP contribution < -0.4 is 11.2 Å². The van der Waals surface area contributed by atoms with Crippen molar-refractivity contribution in [1.82, 2.24) is 9.55 Å². The molecule has 4 atom stereocenters. The molecule has 32 heavy (non-hydrogen) atoms. The van der Waals surface area contributed by atoms with Crippen molar-refractivity contribution in [2.45, 2.75) is 18.7 Å². The Balaban J connectivity index is 3.07. The second-order valence-electron chi connectivity index (χ2n) is 5.44. The van der Waals surface area contributed by atoms with Gasteiger partial charge >= 0.3 is 29.2 Å². The zero-order valence-electron chi connectivity index (χ0n) is 15.1. The Morgan fingerprint density at radius 1 is 1.19 bits per heavy atom. The van der Waals surface area contributed by atoms with Crippen LogP contribution in [-0.4, -0.2) is 57.9 Å². The van der Waals surface area contributed by atoms with E-state index < -0.39 is 72.1 Å². The van der Waals surface area contributed by atoms with Crippen molar-refractivity contribution < 1.29 is 70.1 Å². The fourth-order valence-corrected chi connectivity index (χ4v) is 4.71. The van der Waals surface area contributed by atoms with Crippen molar-refractivity contribution in [3.8, 4) is 0 Å². The van der Waals surface area contributed by atoms with Crippen LogP contribution in [0.15, 0.2) is 33.9 Å². The van der Waals surface area contributed by atoms with Gasteiger partial charge < -0.3 is 34.5 Å². The highest BCUT2D eigenvalue weighted by atomic mass is 31.3. The smallest absolute Gasteiger partial charge is 0.490 e. The zero-order chi connectivity index (χ0) is 25.0. The van der Waals surface area contributed by atoms with Gasteiger partial charge in [0.15, 0.2) is 11.9 Å². The number of ether oxygens (including phenoxy) is 1. The standard InChI is InChI=1S/C10H15F2N2O15P3/c11-3-6(15)8(17)10(12,26-5-14-2-1-7(16)13-9(14)18)4-27-31(22,23)29-32(24,25)28-30(19,20)21/h1-3,8,15,17H,4-5H2,(H,22,23)(H,24,25)(H,13,16,18)(H2,19,20,21)/b6-3-/t8-,10+/m0/s1. The largest absolute Gasteiger partial charge is 0.507 e. The average Bonchev–Trinajstić information content (AvgIpc) is 2.61. The third-order valence-corrected chi connectivity index (χ3v) is 6.76. The van der Waals surface area contributed by atoms with E-state index in [2.05, 4.69) is 17.9 Å². The summed E-state index contributed by atoms with van der Waals surface area (Å²) < 4.78 is 76.7. The number of hydrogen-bond donors (Lipinski definition) is 7. The first-order valence-corrected chi connectivity index (χ1v) is 12.0. The second kappa shape index (κ2) is 10.6. The normalized spacial score (nSPS) is 19.5. The van der Waals surface area contributed by atoms with Gasteiger partial charge in [-0.1, -0.05) is 0 Å². The first kappa shape index (κ1) is 28.4. The van der Waals surface area contributed by atoms with E-state index in [1.807, 2.05) is 0 Å². The Kier molecular flexibility index (Phi) is 9.39. The molecule has 17 nitrogen and oxygen atoms in total. The van der Waals surface area contributed by atoms with Crippen LogP contribution in [0, 0.1) is 0 Å². The highest BCUT2D eigenvalue weighted by Gasteiger charge is 2.47. The van der Waals surface area contributed by atoms with Crippen molar-refractivity contribution in [2.24, 2.45) is 0 Å². The van der Waals surface area contributed by atoms with Crippen molar-refractivity contribution in [1.29, 1.82) is 0 Å². The van der Waals surface area contributed by atoms with E-state index in [1.54, 1.807) is 4.98 Å². The van der Waals surface area contributed by atoms with Gasteiger partial charge in [-0.15, -0.1) is 0 Å². The second-order valence-corrected chi connectivity index (χ2v) is 9.86. The number of H-pyrrole nitrogens is 1. The lowest BCUT2D eigenvalue weighted by Crippen LogP contribution is -2.47. The van der Waals surface area contributed by atoms with E-state index in [4.69, 9.17) is 14.7 Å². The lowest BCUT2D eigenvalue weighted by molar-refractivity contribution is -0.237. The highest BCUT2D eigenvalue weighted by molar-refractivity contribution is 7.66. The predicted molar refractivity (Wildman–Crippen MR) is 93.9 cm³/mol. The maximum atomic E-state index is 15.0. The Hall–Kier alpha value is -1.59. The van der Waals surface area contributed by atoms with E-state index in [0.29, 0.717) is 4.57 Å².